The fourth-order valence-electron chi connectivity index (χ4n) is 5.71. The van der Waals surface area contributed by atoms with E-state index in [-0.39, 0.29) is 18.2 Å². The minimum Gasteiger partial charge on any atom is -0.466 e. The van der Waals surface area contributed by atoms with E-state index in [1.54, 1.807) is 0 Å². The largest absolute Gasteiger partial charge is 0.466 e. The number of nitrogens with zero attached hydrogens (tertiary/aromatic N) is 1. The number of esters is 1. The monoisotopic (exact) mass is 537 g/mol. The molecule has 4 nitrogen and oxygen atoms in total. The first-order chi connectivity index (χ1) is 19.0. The molecule has 0 atom stereocenters. The second kappa shape index (κ2) is 19.7. The van der Waals surface area contributed by atoms with Gasteiger partial charge in [0.2, 0.25) is 0 Å². The van der Waals surface area contributed by atoms with Crippen LogP contribution in [0.4, 0.5) is 0 Å². The smallest absolute Gasteiger partial charge is 0.311 e. The lowest BCUT2D eigenvalue weighted by Gasteiger charge is -2.12. The van der Waals surface area contributed by atoms with Crippen molar-refractivity contribution in [1.82, 2.24) is 4.57 Å². The minimum absolute atomic E-state index is 0.194. The molecule has 0 saturated heterocycles. The Morgan fingerprint density at radius 1 is 0.718 bits per heavy atom. The second-order valence-electron chi connectivity index (χ2n) is 11.2. The number of rotatable bonds is 22. The molecule has 4 heteroatoms. The molecule has 1 aromatic heterocycles. The highest BCUT2D eigenvalue weighted by molar-refractivity contribution is 5.99. The number of aromatic nitrogens is 1. The van der Waals surface area contributed by atoms with Gasteiger partial charge >= 0.3 is 5.97 Å². The summed E-state index contributed by atoms with van der Waals surface area (Å²) in [4.78, 5) is 25.7. The van der Waals surface area contributed by atoms with E-state index in [2.05, 4.69) is 23.6 Å². The SMILES string of the molecule is CCCCCCCCCCCCCCCCCC(=O)c1c(C)c(CC(=O)OCC)n(Cc2ccccc2)c1C. The third kappa shape index (κ3) is 12.1. The van der Waals surface area contributed by atoms with Crippen molar-refractivity contribution in [3.05, 3.63) is 58.4 Å². The highest BCUT2D eigenvalue weighted by atomic mass is 16.5. The van der Waals surface area contributed by atoms with Crippen LogP contribution < -0.4 is 0 Å². The van der Waals surface area contributed by atoms with Gasteiger partial charge in [0.15, 0.2) is 5.78 Å². The number of ketones is 1. The van der Waals surface area contributed by atoms with Gasteiger partial charge in [-0.1, -0.05) is 127 Å². The maximum atomic E-state index is 13.3. The standard InChI is InChI=1S/C35H55NO3/c1-5-7-8-9-10-11-12-13-14-15-16-17-18-19-23-26-33(37)35-29(3)32(27-34(38)39-6-2)36(30(35)4)28-31-24-21-20-22-25-31/h20-22,24-25H,5-19,23,26-28H2,1-4H3. The first-order valence-electron chi connectivity index (χ1n) is 15.9. The van der Waals surface area contributed by atoms with Crippen LogP contribution in [0.15, 0.2) is 30.3 Å². The normalized spacial score (nSPS) is 11.2. The Kier molecular flexibility index (Phi) is 16.6. The van der Waals surface area contributed by atoms with Gasteiger partial charge in [-0.3, -0.25) is 9.59 Å². The summed E-state index contributed by atoms with van der Waals surface area (Å²) >= 11 is 0. The first-order valence-corrected chi connectivity index (χ1v) is 15.9. The van der Waals surface area contributed by atoms with Crippen LogP contribution >= 0.6 is 0 Å². The maximum absolute atomic E-state index is 13.3. The Morgan fingerprint density at radius 2 is 1.23 bits per heavy atom. The van der Waals surface area contributed by atoms with E-state index >= 15 is 0 Å². The second-order valence-corrected chi connectivity index (χ2v) is 11.2. The van der Waals surface area contributed by atoms with E-state index in [0.717, 1.165) is 40.9 Å². The number of carbonyl (C=O) groups is 2. The zero-order valence-corrected chi connectivity index (χ0v) is 25.5. The molecule has 0 unspecified atom stereocenters. The highest BCUT2D eigenvalue weighted by Crippen LogP contribution is 2.26. The molecule has 0 amide bonds. The van der Waals surface area contributed by atoms with Gasteiger partial charge in [0.05, 0.1) is 13.0 Å². The number of Topliss-reactive ketones (excluding diaryl/α,β-unsaturated/α-hetero) is 1. The van der Waals surface area contributed by atoms with Crippen molar-refractivity contribution in [3.63, 3.8) is 0 Å². The number of hydrogen-bond acceptors (Lipinski definition) is 3. The van der Waals surface area contributed by atoms with E-state index in [4.69, 9.17) is 4.74 Å². The molecular weight excluding hydrogens is 482 g/mol. The van der Waals surface area contributed by atoms with Crippen LogP contribution in [0.1, 0.15) is 149 Å². The van der Waals surface area contributed by atoms with Gasteiger partial charge in [-0.15, -0.1) is 0 Å². The molecule has 1 aromatic carbocycles. The lowest BCUT2D eigenvalue weighted by molar-refractivity contribution is -0.142. The van der Waals surface area contributed by atoms with Crippen molar-refractivity contribution in [2.45, 2.75) is 143 Å². The average molecular weight is 538 g/mol. The van der Waals surface area contributed by atoms with Crippen LogP contribution in [0.5, 0.6) is 0 Å². The molecule has 218 valence electrons. The van der Waals surface area contributed by atoms with Crippen molar-refractivity contribution in [2.75, 3.05) is 6.61 Å². The molecule has 0 aliphatic heterocycles. The lowest BCUT2D eigenvalue weighted by atomic mass is 9.99. The van der Waals surface area contributed by atoms with Gasteiger partial charge in [0.25, 0.3) is 0 Å². The molecule has 0 saturated carbocycles. The Morgan fingerprint density at radius 3 is 1.74 bits per heavy atom. The van der Waals surface area contributed by atoms with Crippen LogP contribution in [0, 0.1) is 13.8 Å². The molecule has 0 radical (unpaired) electrons. The van der Waals surface area contributed by atoms with Crippen molar-refractivity contribution in [3.8, 4) is 0 Å². The van der Waals surface area contributed by atoms with E-state index in [1.807, 2.05) is 39.0 Å². The number of benzene rings is 1. The molecule has 0 aliphatic rings. The lowest BCUT2D eigenvalue weighted by Crippen LogP contribution is -2.14. The zero-order valence-electron chi connectivity index (χ0n) is 25.5. The Balaban J connectivity index is 1.76. The molecule has 2 rings (SSSR count). The van der Waals surface area contributed by atoms with E-state index in [1.165, 1.54) is 83.5 Å². The number of hydrogen-bond donors (Lipinski definition) is 0. The summed E-state index contributed by atoms with van der Waals surface area (Å²) in [7, 11) is 0. The fourth-order valence-corrected chi connectivity index (χ4v) is 5.71. The fraction of sp³-hybridized carbons (Fsp3) is 0.657. The molecular formula is C35H55NO3. The summed E-state index contributed by atoms with van der Waals surface area (Å²) in [6, 6.07) is 10.2. The van der Waals surface area contributed by atoms with Gasteiger partial charge in [0.1, 0.15) is 0 Å². The number of carbonyl (C=O) groups excluding carboxylic acids is 2. The van der Waals surface area contributed by atoms with Crippen molar-refractivity contribution >= 4 is 11.8 Å². The Bertz CT molecular complexity index is 960. The van der Waals surface area contributed by atoms with Gasteiger partial charge < -0.3 is 9.30 Å². The predicted octanol–water partition coefficient (Wildman–Crippen LogP) is 9.70. The Labute approximate surface area is 238 Å². The maximum Gasteiger partial charge on any atom is 0.311 e. The average Bonchev–Trinajstić information content (AvgIpc) is 3.15. The summed E-state index contributed by atoms with van der Waals surface area (Å²) in [6.07, 6.45) is 20.6. The van der Waals surface area contributed by atoms with Gasteiger partial charge in [-0.2, -0.15) is 0 Å². The van der Waals surface area contributed by atoms with E-state index in [0.29, 0.717) is 19.6 Å². The van der Waals surface area contributed by atoms with Crippen LogP contribution in [0.3, 0.4) is 0 Å². The summed E-state index contributed by atoms with van der Waals surface area (Å²) in [5, 5.41) is 0. The quantitative estimate of drug-likeness (QED) is 0.0853. The number of ether oxygens (including phenoxy) is 1. The molecule has 0 fully saturated rings. The molecule has 0 bridgehead atoms. The summed E-state index contributed by atoms with van der Waals surface area (Å²) < 4.78 is 7.38. The third-order valence-electron chi connectivity index (χ3n) is 7.99. The predicted molar refractivity (Wildman–Crippen MR) is 164 cm³/mol. The molecule has 2 aromatic rings. The zero-order chi connectivity index (χ0) is 28.3. The molecule has 1 heterocycles. The molecule has 39 heavy (non-hydrogen) atoms. The van der Waals surface area contributed by atoms with Crippen LogP contribution in [0.2, 0.25) is 0 Å². The van der Waals surface area contributed by atoms with Gasteiger partial charge in [0, 0.05) is 29.9 Å². The van der Waals surface area contributed by atoms with Gasteiger partial charge in [-0.05, 0) is 38.3 Å². The molecule has 0 N–H and O–H groups in total. The Hall–Kier alpha value is -2.36. The molecule has 0 spiro atoms. The molecule has 0 aliphatic carbocycles. The van der Waals surface area contributed by atoms with E-state index < -0.39 is 0 Å². The van der Waals surface area contributed by atoms with E-state index in [9.17, 15) is 9.59 Å². The summed E-state index contributed by atoms with van der Waals surface area (Å²) in [5.74, 6) is -0.0366. The van der Waals surface area contributed by atoms with Crippen LogP contribution in [-0.4, -0.2) is 22.9 Å². The highest BCUT2D eigenvalue weighted by Gasteiger charge is 2.24. The van der Waals surface area contributed by atoms with Crippen molar-refractivity contribution in [1.29, 1.82) is 0 Å². The van der Waals surface area contributed by atoms with Crippen molar-refractivity contribution < 1.29 is 14.3 Å². The summed E-state index contributed by atoms with van der Waals surface area (Å²) in [6.45, 7) is 9.12. The van der Waals surface area contributed by atoms with Crippen LogP contribution in [0.25, 0.3) is 0 Å². The third-order valence-corrected chi connectivity index (χ3v) is 7.99. The number of unbranched alkanes of at least 4 members (excludes halogenated alkanes) is 14. The summed E-state index contributed by atoms with van der Waals surface area (Å²) in [5.41, 5.74) is 4.75. The van der Waals surface area contributed by atoms with Gasteiger partial charge in [-0.25, -0.2) is 0 Å². The van der Waals surface area contributed by atoms with Crippen LogP contribution in [-0.2, 0) is 22.5 Å². The van der Waals surface area contributed by atoms with Crippen molar-refractivity contribution in [2.24, 2.45) is 0 Å². The first kappa shape index (κ1) is 32.8. The topological polar surface area (TPSA) is 48.3 Å². The minimum atomic E-state index is -0.242.